The molecule has 2 N–H and O–H groups in total. The van der Waals surface area contributed by atoms with E-state index in [0.717, 1.165) is 34.8 Å². The Hall–Kier alpha value is -2.79. The van der Waals surface area contributed by atoms with Crippen LogP contribution < -0.4 is 5.32 Å². The molecule has 0 aliphatic carbocycles. The number of aliphatic imine (C=N–C) groups is 1. The van der Waals surface area contributed by atoms with Gasteiger partial charge >= 0.3 is 0 Å². The third kappa shape index (κ3) is 3.06. The molecule has 0 amide bonds. The van der Waals surface area contributed by atoms with Crippen LogP contribution in [0.1, 0.15) is 28.5 Å². The number of aryl methyl sites for hydroxylation is 1. The molecule has 0 bridgehead atoms. The molecule has 2 aromatic carbocycles. The van der Waals surface area contributed by atoms with Gasteiger partial charge in [-0.15, -0.1) is 0 Å². The number of guanidine groups is 1. The molecule has 5 nitrogen and oxygen atoms in total. The molecule has 4 rings (SSSR count). The maximum Gasteiger partial charge on any atom is 0.194 e. The fourth-order valence-electron chi connectivity index (χ4n) is 3.43. The molecule has 1 aliphatic heterocycles. The molecule has 5 heteroatoms. The highest BCUT2D eigenvalue weighted by Crippen LogP contribution is 2.27. The SMILES string of the molecule is Cc1oc2ccccc2c1CN(C)C1=NCC(c2ccc(CO)cc2)N1. The highest BCUT2D eigenvalue weighted by molar-refractivity contribution is 5.85. The Morgan fingerprint density at radius 2 is 1.96 bits per heavy atom. The summed E-state index contributed by atoms with van der Waals surface area (Å²) in [6, 6.07) is 16.3. The van der Waals surface area contributed by atoms with E-state index in [-0.39, 0.29) is 12.6 Å². The predicted octanol–water partition coefficient (Wildman–Crippen LogP) is 3.37. The molecule has 1 unspecified atom stereocenters. The third-order valence-electron chi connectivity index (χ3n) is 4.95. The number of fused-ring (bicyclic) bond motifs is 1. The molecular formula is C21H23N3O2. The minimum absolute atomic E-state index is 0.0703. The number of furan rings is 1. The zero-order valence-corrected chi connectivity index (χ0v) is 15.1. The summed E-state index contributed by atoms with van der Waals surface area (Å²) in [6.07, 6.45) is 0. The van der Waals surface area contributed by atoms with Crippen LogP contribution in [0.3, 0.4) is 0 Å². The number of aliphatic hydroxyl groups excluding tert-OH is 1. The number of aliphatic hydroxyl groups is 1. The average molecular weight is 349 g/mol. The van der Waals surface area contributed by atoms with Crippen LogP contribution in [-0.4, -0.2) is 29.6 Å². The van der Waals surface area contributed by atoms with E-state index in [2.05, 4.69) is 33.4 Å². The molecule has 3 aromatic rings. The molecule has 0 spiro atoms. The second-order valence-corrected chi connectivity index (χ2v) is 6.75. The molecule has 1 aliphatic rings. The number of para-hydroxylation sites is 1. The van der Waals surface area contributed by atoms with Gasteiger partial charge in [0.25, 0.3) is 0 Å². The van der Waals surface area contributed by atoms with Crippen molar-refractivity contribution in [1.29, 1.82) is 0 Å². The van der Waals surface area contributed by atoms with Crippen LogP contribution in [0.25, 0.3) is 11.0 Å². The Bertz CT molecular complexity index is 944. The number of nitrogens with zero attached hydrogens (tertiary/aromatic N) is 2. The lowest BCUT2D eigenvalue weighted by molar-refractivity contribution is 0.282. The molecule has 0 radical (unpaired) electrons. The van der Waals surface area contributed by atoms with Gasteiger partial charge < -0.3 is 19.7 Å². The van der Waals surface area contributed by atoms with Crippen molar-refractivity contribution in [2.75, 3.05) is 13.6 Å². The van der Waals surface area contributed by atoms with Gasteiger partial charge in [-0.1, -0.05) is 42.5 Å². The first-order valence-electron chi connectivity index (χ1n) is 8.84. The Balaban J connectivity index is 1.47. The van der Waals surface area contributed by atoms with Crippen LogP contribution in [0.2, 0.25) is 0 Å². The summed E-state index contributed by atoms with van der Waals surface area (Å²) < 4.78 is 5.87. The normalized spacial score (nSPS) is 16.6. The van der Waals surface area contributed by atoms with Crippen LogP contribution in [0.15, 0.2) is 57.9 Å². The third-order valence-corrected chi connectivity index (χ3v) is 4.95. The van der Waals surface area contributed by atoms with E-state index in [1.54, 1.807) is 0 Å². The summed E-state index contributed by atoms with van der Waals surface area (Å²) in [5.41, 5.74) is 4.23. The lowest BCUT2D eigenvalue weighted by Crippen LogP contribution is -2.36. The zero-order valence-electron chi connectivity index (χ0n) is 15.1. The maximum atomic E-state index is 9.18. The minimum Gasteiger partial charge on any atom is -0.461 e. The Labute approximate surface area is 153 Å². The van der Waals surface area contributed by atoms with Crippen LogP contribution in [0.4, 0.5) is 0 Å². The lowest BCUT2D eigenvalue weighted by Gasteiger charge is -2.21. The molecule has 26 heavy (non-hydrogen) atoms. The van der Waals surface area contributed by atoms with Crippen molar-refractivity contribution >= 4 is 16.9 Å². The summed E-state index contributed by atoms with van der Waals surface area (Å²) >= 11 is 0. The van der Waals surface area contributed by atoms with Crippen LogP contribution >= 0.6 is 0 Å². The monoisotopic (exact) mass is 349 g/mol. The molecular weight excluding hydrogens is 326 g/mol. The highest BCUT2D eigenvalue weighted by Gasteiger charge is 2.23. The minimum atomic E-state index is 0.0703. The summed E-state index contributed by atoms with van der Waals surface area (Å²) in [4.78, 5) is 6.81. The number of benzene rings is 2. The smallest absolute Gasteiger partial charge is 0.194 e. The molecule has 2 heterocycles. The van der Waals surface area contributed by atoms with Gasteiger partial charge in [0.05, 0.1) is 19.2 Å². The van der Waals surface area contributed by atoms with Crippen molar-refractivity contribution in [3.63, 3.8) is 0 Å². The van der Waals surface area contributed by atoms with E-state index in [1.165, 1.54) is 11.1 Å². The number of hydrogen-bond acceptors (Lipinski definition) is 5. The number of rotatable bonds is 4. The highest BCUT2D eigenvalue weighted by atomic mass is 16.3. The van der Waals surface area contributed by atoms with Gasteiger partial charge in [-0.25, -0.2) is 0 Å². The van der Waals surface area contributed by atoms with Crippen LogP contribution in [0.5, 0.6) is 0 Å². The van der Waals surface area contributed by atoms with E-state index in [0.29, 0.717) is 6.54 Å². The first-order valence-corrected chi connectivity index (χ1v) is 8.84. The molecule has 134 valence electrons. The summed E-state index contributed by atoms with van der Waals surface area (Å²) in [5, 5.41) is 13.8. The number of nitrogens with one attached hydrogen (secondary N) is 1. The Morgan fingerprint density at radius 1 is 1.19 bits per heavy atom. The van der Waals surface area contributed by atoms with Crippen molar-refractivity contribution in [2.24, 2.45) is 4.99 Å². The second kappa shape index (κ2) is 6.84. The number of hydrogen-bond donors (Lipinski definition) is 2. The maximum absolute atomic E-state index is 9.18. The largest absolute Gasteiger partial charge is 0.461 e. The van der Waals surface area contributed by atoms with Crippen LogP contribution in [-0.2, 0) is 13.2 Å². The lowest BCUT2D eigenvalue weighted by atomic mass is 10.1. The molecule has 1 aromatic heterocycles. The summed E-state index contributed by atoms with van der Waals surface area (Å²) in [5.74, 6) is 1.85. The Kier molecular flexibility index (Phi) is 4.39. The van der Waals surface area contributed by atoms with E-state index in [4.69, 9.17) is 4.42 Å². The van der Waals surface area contributed by atoms with Gasteiger partial charge in [0.2, 0.25) is 0 Å². The topological polar surface area (TPSA) is 61.0 Å². The zero-order chi connectivity index (χ0) is 18.1. The predicted molar refractivity (Wildman–Crippen MR) is 103 cm³/mol. The summed E-state index contributed by atoms with van der Waals surface area (Å²) in [6.45, 7) is 3.54. The quantitative estimate of drug-likeness (QED) is 0.758. The van der Waals surface area contributed by atoms with Gasteiger partial charge in [-0.3, -0.25) is 4.99 Å². The van der Waals surface area contributed by atoms with Crippen LogP contribution in [0, 0.1) is 6.92 Å². The van der Waals surface area contributed by atoms with Crippen molar-refractivity contribution < 1.29 is 9.52 Å². The van der Waals surface area contributed by atoms with Gasteiger partial charge in [-0.05, 0) is 24.1 Å². The summed E-state index contributed by atoms with van der Waals surface area (Å²) in [7, 11) is 2.05. The van der Waals surface area contributed by atoms with Crippen molar-refractivity contribution in [1.82, 2.24) is 10.2 Å². The van der Waals surface area contributed by atoms with Gasteiger partial charge in [0.1, 0.15) is 11.3 Å². The fourth-order valence-corrected chi connectivity index (χ4v) is 3.43. The standard InChI is InChI=1S/C21H23N3O2/c1-14-18(17-5-3-4-6-20(17)26-14)12-24(2)21-22-11-19(23-21)16-9-7-15(13-25)8-10-16/h3-10,19,25H,11-13H2,1-2H3,(H,22,23). The van der Waals surface area contributed by atoms with Gasteiger partial charge in [0, 0.05) is 24.5 Å². The fraction of sp³-hybridized carbons (Fsp3) is 0.286. The first kappa shape index (κ1) is 16.7. The first-order chi connectivity index (χ1) is 12.7. The molecule has 0 saturated carbocycles. The van der Waals surface area contributed by atoms with E-state index in [1.807, 2.05) is 44.3 Å². The van der Waals surface area contributed by atoms with E-state index >= 15 is 0 Å². The average Bonchev–Trinajstić information content (AvgIpc) is 3.27. The van der Waals surface area contributed by atoms with Crippen molar-refractivity contribution in [3.05, 3.63) is 71.0 Å². The van der Waals surface area contributed by atoms with E-state index in [9.17, 15) is 5.11 Å². The Morgan fingerprint density at radius 3 is 2.73 bits per heavy atom. The van der Waals surface area contributed by atoms with Gasteiger partial charge in [-0.2, -0.15) is 0 Å². The molecule has 0 saturated heterocycles. The molecule has 0 fully saturated rings. The van der Waals surface area contributed by atoms with E-state index < -0.39 is 0 Å². The molecule has 1 atom stereocenters. The van der Waals surface area contributed by atoms with Crippen molar-refractivity contribution in [2.45, 2.75) is 26.1 Å². The second-order valence-electron chi connectivity index (χ2n) is 6.75. The van der Waals surface area contributed by atoms with Crippen molar-refractivity contribution in [3.8, 4) is 0 Å². The van der Waals surface area contributed by atoms with Gasteiger partial charge in [0.15, 0.2) is 5.96 Å².